The van der Waals surface area contributed by atoms with Crippen LogP contribution < -0.4 is 0 Å². The van der Waals surface area contributed by atoms with Gasteiger partial charge in [-0.05, 0) is 11.8 Å². The average Bonchev–Trinajstić information content (AvgIpc) is 2.33. The smallest absolute Gasteiger partial charge is 0.253 e. The van der Waals surface area contributed by atoms with Gasteiger partial charge in [-0.1, -0.05) is 13.8 Å². The van der Waals surface area contributed by atoms with Crippen molar-refractivity contribution in [2.45, 2.75) is 33.1 Å². The lowest BCUT2D eigenvalue weighted by Gasteiger charge is -2.24. The third-order valence-electron chi connectivity index (χ3n) is 3.02. The van der Waals surface area contributed by atoms with E-state index in [1.165, 1.54) is 0 Å². The average molecular weight is 164 g/mol. The van der Waals surface area contributed by atoms with Crippen LogP contribution in [0.3, 0.4) is 0 Å². The maximum absolute atomic E-state index is 12.9. The molecule has 11 heavy (non-hydrogen) atoms. The van der Waals surface area contributed by atoms with E-state index in [4.69, 9.17) is 5.11 Å². The number of hydrogen-bond donors (Lipinski definition) is 1. The summed E-state index contributed by atoms with van der Waals surface area (Å²) in [6.07, 6.45) is 0.417. The number of hydrogen-bond acceptors (Lipinski definition) is 1. The normalized spacial score (nSPS) is 35.5. The number of halogens is 2. The maximum Gasteiger partial charge on any atom is 0.253 e. The highest BCUT2D eigenvalue weighted by Crippen LogP contribution is 2.69. The van der Waals surface area contributed by atoms with Gasteiger partial charge in [0.2, 0.25) is 0 Å². The van der Waals surface area contributed by atoms with Crippen LogP contribution in [-0.2, 0) is 0 Å². The molecule has 0 aliphatic heterocycles. The van der Waals surface area contributed by atoms with E-state index >= 15 is 0 Å². The van der Waals surface area contributed by atoms with E-state index in [-0.39, 0.29) is 0 Å². The van der Waals surface area contributed by atoms with E-state index in [0.29, 0.717) is 6.42 Å². The Morgan fingerprint density at radius 2 is 1.82 bits per heavy atom. The van der Waals surface area contributed by atoms with Crippen LogP contribution in [0, 0.1) is 10.8 Å². The summed E-state index contributed by atoms with van der Waals surface area (Å²) in [5, 5.41) is 8.85. The molecule has 0 heterocycles. The van der Waals surface area contributed by atoms with Crippen LogP contribution in [-0.4, -0.2) is 17.6 Å². The standard InChI is InChI=1S/C8H14F2O/c1-6(2)4-8(6,5-11)7(3,9)10/h11H,4-5H2,1-3H3. The lowest BCUT2D eigenvalue weighted by Crippen LogP contribution is -2.33. The van der Waals surface area contributed by atoms with E-state index in [2.05, 4.69) is 0 Å². The van der Waals surface area contributed by atoms with E-state index < -0.39 is 23.4 Å². The van der Waals surface area contributed by atoms with Gasteiger partial charge in [0.1, 0.15) is 0 Å². The van der Waals surface area contributed by atoms with Crippen molar-refractivity contribution in [1.82, 2.24) is 0 Å². The highest BCUT2D eigenvalue weighted by atomic mass is 19.3. The van der Waals surface area contributed by atoms with Crippen molar-refractivity contribution in [3.05, 3.63) is 0 Å². The van der Waals surface area contributed by atoms with Crippen molar-refractivity contribution in [3.63, 3.8) is 0 Å². The molecule has 1 atom stereocenters. The molecule has 0 amide bonds. The summed E-state index contributed by atoms with van der Waals surface area (Å²) < 4.78 is 25.8. The second-order valence-corrected chi connectivity index (χ2v) is 4.19. The van der Waals surface area contributed by atoms with Crippen molar-refractivity contribution in [2.24, 2.45) is 10.8 Å². The van der Waals surface area contributed by atoms with Gasteiger partial charge < -0.3 is 5.11 Å². The summed E-state index contributed by atoms with van der Waals surface area (Å²) in [5.41, 5.74) is -1.56. The number of rotatable bonds is 2. The quantitative estimate of drug-likeness (QED) is 0.662. The minimum Gasteiger partial charge on any atom is -0.396 e. The van der Waals surface area contributed by atoms with E-state index in [9.17, 15) is 8.78 Å². The molecule has 0 spiro atoms. The Hall–Kier alpha value is -0.180. The second kappa shape index (κ2) is 1.94. The molecule has 0 radical (unpaired) electrons. The zero-order valence-corrected chi connectivity index (χ0v) is 7.12. The van der Waals surface area contributed by atoms with Gasteiger partial charge in [-0.25, -0.2) is 8.78 Å². The zero-order chi connectivity index (χ0) is 8.91. The first-order valence-electron chi connectivity index (χ1n) is 3.75. The fraction of sp³-hybridized carbons (Fsp3) is 1.00. The summed E-state index contributed by atoms with van der Waals surface area (Å²) in [4.78, 5) is 0. The molecule has 1 aliphatic carbocycles. The van der Waals surface area contributed by atoms with Gasteiger partial charge in [0.25, 0.3) is 5.92 Å². The molecule has 66 valence electrons. The summed E-state index contributed by atoms with van der Waals surface area (Å²) in [6.45, 7) is 4.00. The van der Waals surface area contributed by atoms with Crippen molar-refractivity contribution in [3.8, 4) is 0 Å². The van der Waals surface area contributed by atoms with Crippen molar-refractivity contribution in [1.29, 1.82) is 0 Å². The monoisotopic (exact) mass is 164 g/mol. The van der Waals surface area contributed by atoms with Crippen molar-refractivity contribution in [2.75, 3.05) is 6.61 Å². The van der Waals surface area contributed by atoms with Gasteiger partial charge in [-0.2, -0.15) is 0 Å². The molecule has 0 aromatic rings. The predicted molar refractivity (Wildman–Crippen MR) is 38.5 cm³/mol. The topological polar surface area (TPSA) is 20.2 Å². The first-order valence-corrected chi connectivity index (χ1v) is 3.75. The molecule has 1 fully saturated rings. The van der Waals surface area contributed by atoms with E-state index in [1.807, 2.05) is 0 Å². The minimum atomic E-state index is -2.76. The van der Waals surface area contributed by atoms with Gasteiger partial charge in [0.05, 0.1) is 12.0 Å². The van der Waals surface area contributed by atoms with Crippen molar-refractivity contribution >= 4 is 0 Å². The first kappa shape index (κ1) is 8.91. The molecule has 1 rings (SSSR count). The summed E-state index contributed by atoms with van der Waals surface area (Å²) in [6, 6.07) is 0. The lowest BCUT2D eigenvalue weighted by molar-refractivity contribution is -0.0909. The Balaban J connectivity index is 2.84. The van der Waals surface area contributed by atoms with Crippen LogP contribution in [0.5, 0.6) is 0 Å². The summed E-state index contributed by atoms with van der Waals surface area (Å²) in [5.74, 6) is -2.76. The molecular formula is C8H14F2O. The Kier molecular flexibility index (Phi) is 1.58. The third-order valence-corrected chi connectivity index (χ3v) is 3.02. The van der Waals surface area contributed by atoms with E-state index in [0.717, 1.165) is 6.92 Å². The zero-order valence-electron chi connectivity index (χ0n) is 7.12. The van der Waals surface area contributed by atoms with Gasteiger partial charge in [0, 0.05) is 6.92 Å². The molecule has 3 heteroatoms. The largest absolute Gasteiger partial charge is 0.396 e. The Morgan fingerprint density at radius 1 is 1.45 bits per heavy atom. The third kappa shape index (κ3) is 0.975. The van der Waals surface area contributed by atoms with Crippen molar-refractivity contribution < 1.29 is 13.9 Å². The molecular weight excluding hydrogens is 150 g/mol. The van der Waals surface area contributed by atoms with E-state index in [1.54, 1.807) is 13.8 Å². The Labute approximate surface area is 65.4 Å². The molecule has 0 bridgehead atoms. The molecule has 1 unspecified atom stereocenters. The molecule has 1 N–H and O–H groups in total. The Bertz CT molecular complexity index is 171. The number of alkyl halides is 2. The first-order chi connectivity index (χ1) is 4.77. The van der Waals surface area contributed by atoms with Crippen LogP contribution in [0.25, 0.3) is 0 Å². The van der Waals surface area contributed by atoms with Crippen LogP contribution >= 0.6 is 0 Å². The SMILES string of the molecule is CC(F)(F)C1(CO)CC1(C)C. The summed E-state index contributed by atoms with van der Waals surface area (Å²) in [7, 11) is 0. The molecule has 1 nitrogen and oxygen atoms in total. The van der Waals surface area contributed by atoms with Gasteiger partial charge in [-0.3, -0.25) is 0 Å². The van der Waals surface area contributed by atoms with Gasteiger partial charge in [-0.15, -0.1) is 0 Å². The molecule has 1 saturated carbocycles. The molecule has 0 aromatic carbocycles. The Morgan fingerprint density at radius 3 is 1.82 bits per heavy atom. The highest BCUT2D eigenvalue weighted by molar-refractivity contribution is 5.14. The van der Waals surface area contributed by atoms with Gasteiger partial charge in [0.15, 0.2) is 0 Å². The highest BCUT2D eigenvalue weighted by Gasteiger charge is 2.71. The van der Waals surface area contributed by atoms with Crippen LogP contribution in [0.15, 0.2) is 0 Å². The molecule has 0 saturated heterocycles. The summed E-state index contributed by atoms with van der Waals surface area (Å²) >= 11 is 0. The van der Waals surface area contributed by atoms with Gasteiger partial charge >= 0.3 is 0 Å². The second-order valence-electron chi connectivity index (χ2n) is 4.19. The maximum atomic E-state index is 12.9. The lowest BCUT2D eigenvalue weighted by atomic mass is 9.91. The number of aliphatic hydroxyl groups excluding tert-OH is 1. The molecule has 0 aromatic heterocycles. The number of aliphatic hydroxyl groups is 1. The van der Waals surface area contributed by atoms with Crippen LogP contribution in [0.4, 0.5) is 8.78 Å². The minimum absolute atomic E-state index is 0.403. The molecule has 1 aliphatic rings. The fourth-order valence-electron chi connectivity index (χ4n) is 1.87. The van der Waals surface area contributed by atoms with Crippen LogP contribution in [0.2, 0.25) is 0 Å². The fourth-order valence-corrected chi connectivity index (χ4v) is 1.87. The predicted octanol–water partition coefficient (Wildman–Crippen LogP) is 2.05. The van der Waals surface area contributed by atoms with Crippen LogP contribution in [0.1, 0.15) is 27.2 Å².